The second-order valence-electron chi connectivity index (χ2n) is 5.92. The Balaban J connectivity index is 0.00000169. The summed E-state index contributed by atoms with van der Waals surface area (Å²) in [6, 6.07) is 11.5. The molecule has 4 nitrogen and oxygen atoms in total. The van der Waals surface area contributed by atoms with Crippen molar-refractivity contribution < 1.29 is 13.2 Å². The van der Waals surface area contributed by atoms with Crippen LogP contribution in [-0.4, -0.2) is 27.6 Å². The van der Waals surface area contributed by atoms with Crippen LogP contribution in [-0.2, 0) is 9.84 Å². The molecule has 0 spiro atoms. The van der Waals surface area contributed by atoms with Crippen LogP contribution < -0.4 is 10.1 Å². The van der Waals surface area contributed by atoms with E-state index in [0.29, 0.717) is 16.7 Å². The van der Waals surface area contributed by atoms with Crippen LogP contribution in [0.15, 0.2) is 52.3 Å². The predicted octanol–water partition coefficient (Wildman–Crippen LogP) is 3.43. The van der Waals surface area contributed by atoms with E-state index >= 15 is 0 Å². The molecule has 2 aliphatic rings. The molecule has 0 saturated carbocycles. The Morgan fingerprint density at radius 2 is 1.92 bits per heavy atom. The maximum atomic E-state index is 12.8. The second-order valence-corrected chi connectivity index (χ2v) is 8.30. The van der Waals surface area contributed by atoms with Gasteiger partial charge in [0.05, 0.1) is 9.79 Å². The van der Waals surface area contributed by atoms with Gasteiger partial charge < -0.3 is 10.1 Å². The van der Waals surface area contributed by atoms with Crippen molar-refractivity contribution in [1.82, 2.24) is 5.32 Å². The fourth-order valence-electron chi connectivity index (χ4n) is 3.33. The van der Waals surface area contributed by atoms with Gasteiger partial charge in [-0.15, -0.1) is 12.4 Å². The molecule has 2 aliphatic heterocycles. The first-order chi connectivity index (χ1) is 11.1. The first-order valence-electron chi connectivity index (χ1n) is 7.58. The molecule has 2 aromatic carbocycles. The third-order valence-electron chi connectivity index (χ3n) is 4.51. The number of sulfone groups is 1. The molecule has 0 radical (unpaired) electrons. The van der Waals surface area contributed by atoms with Crippen molar-refractivity contribution >= 4 is 33.8 Å². The summed E-state index contributed by atoms with van der Waals surface area (Å²) in [5, 5.41) is 3.71. The molecule has 128 valence electrons. The van der Waals surface area contributed by atoms with Gasteiger partial charge in [0.25, 0.3) is 0 Å². The normalized spacial score (nSPS) is 22.0. The van der Waals surface area contributed by atoms with Crippen LogP contribution in [0.5, 0.6) is 5.75 Å². The van der Waals surface area contributed by atoms with Crippen LogP contribution in [0, 0.1) is 0 Å². The lowest BCUT2D eigenvalue weighted by atomic mass is 9.90. The summed E-state index contributed by atoms with van der Waals surface area (Å²) < 4.78 is 31.5. The molecule has 7 heteroatoms. The van der Waals surface area contributed by atoms with Crippen molar-refractivity contribution in [2.45, 2.75) is 28.2 Å². The first kappa shape index (κ1) is 17.5. The number of fused-ring (bicyclic) bond motifs is 3. The van der Waals surface area contributed by atoms with Crippen molar-refractivity contribution in [3.8, 4) is 5.75 Å². The number of nitrogens with one attached hydrogen (secondary N) is 1. The molecule has 0 amide bonds. The fourth-order valence-corrected chi connectivity index (χ4v) is 4.91. The molecule has 4 rings (SSSR count). The Morgan fingerprint density at radius 3 is 2.71 bits per heavy atom. The second kappa shape index (κ2) is 6.56. The maximum Gasteiger partial charge on any atom is 0.206 e. The van der Waals surface area contributed by atoms with Crippen molar-refractivity contribution in [3.05, 3.63) is 53.1 Å². The van der Waals surface area contributed by atoms with Gasteiger partial charge in [0.15, 0.2) is 0 Å². The molecular formula is C17H17Cl2NO3S. The van der Waals surface area contributed by atoms with Gasteiger partial charge in [-0.25, -0.2) is 8.42 Å². The molecule has 1 fully saturated rings. The highest BCUT2D eigenvalue weighted by atomic mass is 35.5. The van der Waals surface area contributed by atoms with E-state index in [0.717, 1.165) is 25.1 Å². The van der Waals surface area contributed by atoms with Crippen molar-refractivity contribution in [1.29, 1.82) is 0 Å². The van der Waals surface area contributed by atoms with Crippen LogP contribution in [0.25, 0.3) is 0 Å². The van der Waals surface area contributed by atoms with E-state index in [9.17, 15) is 8.42 Å². The first-order valence-corrected chi connectivity index (χ1v) is 9.44. The zero-order valence-electron chi connectivity index (χ0n) is 12.7. The lowest BCUT2D eigenvalue weighted by molar-refractivity contribution is 0.176. The number of rotatable bonds is 2. The predicted molar refractivity (Wildman–Crippen MR) is 95.2 cm³/mol. The average molecular weight is 386 g/mol. The molecule has 0 aromatic heterocycles. The van der Waals surface area contributed by atoms with Gasteiger partial charge in [0.1, 0.15) is 11.9 Å². The van der Waals surface area contributed by atoms with E-state index in [-0.39, 0.29) is 28.3 Å². The molecule has 24 heavy (non-hydrogen) atoms. The van der Waals surface area contributed by atoms with Crippen LogP contribution in [0.1, 0.15) is 17.9 Å². The van der Waals surface area contributed by atoms with Crippen LogP contribution in [0.2, 0.25) is 5.02 Å². The quantitative estimate of drug-likeness (QED) is 0.859. The zero-order chi connectivity index (χ0) is 16.0. The van der Waals surface area contributed by atoms with Gasteiger partial charge >= 0.3 is 0 Å². The highest BCUT2D eigenvalue weighted by Gasteiger charge is 2.36. The molecule has 2 aromatic rings. The molecule has 2 atom stereocenters. The number of hydrogen-bond donors (Lipinski definition) is 1. The van der Waals surface area contributed by atoms with E-state index in [2.05, 4.69) is 5.32 Å². The summed E-state index contributed by atoms with van der Waals surface area (Å²) in [4.78, 5) is 0.437. The lowest BCUT2D eigenvalue weighted by Crippen LogP contribution is -2.39. The smallest absolute Gasteiger partial charge is 0.206 e. The van der Waals surface area contributed by atoms with Gasteiger partial charge in [-0.3, -0.25) is 0 Å². The third kappa shape index (κ3) is 2.90. The molecule has 0 bridgehead atoms. The van der Waals surface area contributed by atoms with Crippen LogP contribution >= 0.6 is 24.0 Å². The van der Waals surface area contributed by atoms with Crippen molar-refractivity contribution in [2.75, 3.05) is 13.1 Å². The zero-order valence-corrected chi connectivity index (χ0v) is 15.1. The summed E-state index contributed by atoms with van der Waals surface area (Å²) in [6.45, 7) is 1.77. The standard InChI is InChI=1S/C17H16ClNO3S.ClH/c18-11-2-1-3-12(8-11)23(20,21)13-4-5-14-15-6-7-19-10-17(15)22-16(14)9-13;/h1-5,8-9,15,17,19H,6-7,10H2;1H/t15-,17-;/m0./s1. The van der Waals surface area contributed by atoms with E-state index in [1.54, 1.807) is 30.3 Å². The van der Waals surface area contributed by atoms with Gasteiger partial charge in [0, 0.05) is 23.0 Å². The summed E-state index contributed by atoms with van der Waals surface area (Å²) in [7, 11) is -3.60. The van der Waals surface area contributed by atoms with Gasteiger partial charge in [0.2, 0.25) is 9.84 Å². The fraction of sp³-hybridized carbons (Fsp3) is 0.294. The Kier molecular flexibility index (Phi) is 4.80. The van der Waals surface area contributed by atoms with E-state index < -0.39 is 9.84 Å². The molecule has 0 aliphatic carbocycles. The minimum Gasteiger partial charge on any atom is -0.488 e. The minimum absolute atomic E-state index is 0. The van der Waals surface area contributed by atoms with Crippen LogP contribution in [0.4, 0.5) is 0 Å². The van der Waals surface area contributed by atoms with Gasteiger partial charge in [-0.2, -0.15) is 0 Å². The summed E-state index contributed by atoms with van der Waals surface area (Å²) in [5.74, 6) is 1.04. The Hall–Kier alpha value is -1.27. The molecule has 1 N–H and O–H groups in total. The SMILES string of the molecule is Cl.O=S(=O)(c1cccc(Cl)c1)c1ccc2c(c1)O[C@H]1CNCC[C@@H]21. The highest BCUT2D eigenvalue weighted by Crippen LogP contribution is 2.42. The summed E-state index contributed by atoms with van der Waals surface area (Å²) in [6.07, 6.45) is 1.11. The van der Waals surface area contributed by atoms with E-state index in [4.69, 9.17) is 16.3 Å². The lowest BCUT2D eigenvalue weighted by Gasteiger charge is -2.24. The molecular weight excluding hydrogens is 369 g/mol. The Morgan fingerprint density at radius 1 is 1.12 bits per heavy atom. The largest absolute Gasteiger partial charge is 0.488 e. The Bertz CT molecular complexity index is 870. The summed E-state index contributed by atoms with van der Waals surface area (Å²) >= 11 is 5.92. The molecule has 0 unspecified atom stereocenters. The Labute approximate surface area is 152 Å². The monoisotopic (exact) mass is 385 g/mol. The molecule has 2 heterocycles. The van der Waals surface area contributed by atoms with Gasteiger partial charge in [-0.05, 0) is 43.3 Å². The maximum absolute atomic E-state index is 12.8. The third-order valence-corrected chi connectivity index (χ3v) is 6.49. The number of ether oxygens (including phenoxy) is 1. The molecule has 1 saturated heterocycles. The number of piperidine rings is 1. The number of benzene rings is 2. The van der Waals surface area contributed by atoms with E-state index in [1.807, 2.05) is 6.07 Å². The van der Waals surface area contributed by atoms with E-state index in [1.165, 1.54) is 6.07 Å². The van der Waals surface area contributed by atoms with Crippen molar-refractivity contribution in [3.63, 3.8) is 0 Å². The number of hydrogen-bond acceptors (Lipinski definition) is 4. The van der Waals surface area contributed by atoms with Crippen molar-refractivity contribution in [2.24, 2.45) is 0 Å². The number of halogens is 2. The average Bonchev–Trinajstić information content (AvgIpc) is 2.92. The summed E-state index contributed by atoms with van der Waals surface area (Å²) in [5.41, 5.74) is 1.11. The highest BCUT2D eigenvalue weighted by molar-refractivity contribution is 7.91. The minimum atomic E-state index is -3.60. The van der Waals surface area contributed by atoms with Gasteiger partial charge in [-0.1, -0.05) is 23.7 Å². The topological polar surface area (TPSA) is 55.4 Å². The van der Waals surface area contributed by atoms with Crippen LogP contribution in [0.3, 0.4) is 0 Å².